The molecule has 0 amide bonds. The second-order valence-electron chi connectivity index (χ2n) is 6.35. The van der Waals surface area contributed by atoms with Gasteiger partial charge in [-0.2, -0.15) is 0 Å². The molecule has 1 saturated heterocycles. The fourth-order valence-electron chi connectivity index (χ4n) is 3.12. The highest BCUT2D eigenvalue weighted by Gasteiger charge is 2.23. The van der Waals surface area contributed by atoms with Crippen molar-refractivity contribution >= 4 is 0 Å². The number of hydrogen-bond acceptors (Lipinski definition) is 3. The first-order valence-corrected chi connectivity index (χ1v) is 8.01. The van der Waals surface area contributed by atoms with Crippen LogP contribution in [-0.4, -0.2) is 26.4 Å². The molecule has 0 N–H and O–H groups in total. The lowest BCUT2D eigenvalue weighted by Gasteiger charge is -2.15. The van der Waals surface area contributed by atoms with Crippen LogP contribution in [0.3, 0.4) is 0 Å². The van der Waals surface area contributed by atoms with Crippen LogP contribution in [0.1, 0.15) is 22.3 Å². The van der Waals surface area contributed by atoms with Gasteiger partial charge in [-0.1, -0.05) is 0 Å². The van der Waals surface area contributed by atoms with E-state index in [9.17, 15) is 0 Å². The summed E-state index contributed by atoms with van der Waals surface area (Å²) in [5.74, 6) is 1.94. The first-order chi connectivity index (χ1) is 11.0. The Morgan fingerprint density at radius 2 is 1.30 bits per heavy atom. The molecule has 0 spiro atoms. The van der Waals surface area contributed by atoms with Crippen LogP contribution in [0, 0.1) is 27.7 Å². The van der Waals surface area contributed by atoms with Crippen molar-refractivity contribution in [2.24, 2.45) is 0 Å². The summed E-state index contributed by atoms with van der Waals surface area (Å²) >= 11 is 0. The Kier molecular flexibility index (Phi) is 4.31. The molecular weight excluding hydrogens is 288 g/mol. The van der Waals surface area contributed by atoms with Gasteiger partial charge >= 0.3 is 0 Å². The van der Waals surface area contributed by atoms with Gasteiger partial charge in [-0.05, 0) is 85.3 Å². The SMILES string of the molecule is COc1c(C)cc(-c2cc(C)c(OCC3CO3)c(C)c2)cc1C. The van der Waals surface area contributed by atoms with E-state index < -0.39 is 0 Å². The summed E-state index contributed by atoms with van der Waals surface area (Å²) in [5.41, 5.74) is 7.06. The largest absolute Gasteiger partial charge is 0.496 e. The molecule has 3 heteroatoms. The van der Waals surface area contributed by atoms with Gasteiger partial charge < -0.3 is 14.2 Å². The minimum absolute atomic E-state index is 0.278. The molecular formula is C20H24O3. The van der Waals surface area contributed by atoms with E-state index in [1.54, 1.807) is 7.11 Å². The highest BCUT2D eigenvalue weighted by atomic mass is 16.6. The maximum atomic E-state index is 5.92. The number of aryl methyl sites for hydroxylation is 4. The molecule has 1 heterocycles. The van der Waals surface area contributed by atoms with Gasteiger partial charge in [0.1, 0.15) is 24.2 Å². The molecule has 2 aromatic rings. The third kappa shape index (κ3) is 3.35. The molecule has 0 saturated carbocycles. The predicted molar refractivity (Wildman–Crippen MR) is 92.6 cm³/mol. The maximum Gasteiger partial charge on any atom is 0.125 e. The molecule has 1 aliphatic rings. The van der Waals surface area contributed by atoms with Crippen LogP contribution in [0.2, 0.25) is 0 Å². The highest BCUT2D eigenvalue weighted by molar-refractivity contribution is 5.70. The zero-order chi connectivity index (χ0) is 16.6. The van der Waals surface area contributed by atoms with Crippen LogP contribution in [-0.2, 0) is 4.74 Å². The zero-order valence-corrected chi connectivity index (χ0v) is 14.5. The average molecular weight is 312 g/mol. The van der Waals surface area contributed by atoms with E-state index in [0.29, 0.717) is 6.61 Å². The summed E-state index contributed by atoms with van der Waals surface area (Å²) in [6.07, 6.45) is 0.278. The lowest BCUT2D eigenvalue weighted by molar-refractivity contribution is 0.260. The van der Waals surface area contributed by atoms with Crippen molar-refractivity contribution < 1.29 is 14.2 Å². The van der Waals surface area contributed by atoms with Crippen LogP contribution in [0.15, 0.2) is 24.3 Å². The van der Waals surface area contributed by atoms with Gasteiger partial charge in [0.25, 0.3) is 0 Å². The van der Waals surface area contributed by atoms with Crippen LogP contribution in [0.5, 0.6) is 11.5 Å². The molecule has 1 unspecified atom stereocenters. The van der Waals surface area contributed by atoms with Gasteiger partial charge in [-0.15, -0.1) is 0 Å². The standard InChI is InChI=1S/C20H24O3/c1-12-6-16(7-13(2)19(12)21-5)17-8-14(3)20(15(4)9-17)23-11-18-10-22-18/h6-9,18H,10-11H2,1-5H3. The third-order valence-electron chi connectivity index (χ3n) is 4.27. The monoisotopic (exact) mass is 312 g/mol. The van der Waals surface area contributed by atoms with Gasteiger partial charge in [0.05, 0.1) is 13.7 Å². The quantitative estimate of drug-likeness (QED) is 0.768. The summed E-state index contributed by atoms with van der Waals surface area (Å²) in [6, 6.07) is 8.74. The Morgan fingerprint density at radius 1 is 0.870 bits per heavy atom. The molecule has 0 aromatic heterocycles. The molecule has 3 nitrogen and oxygen atoms in total. The molecule has 3 rings (SSSR count). The van der Waals surface area contributed by atoms with Crippen LogP contribution in [0.25, 0.3) is 11.1 Å². The number of rotatable bonds is 5. The maximum absolute atomic E-state index is 5.92. The van der Waals surface area contributed by atoms with E-state index in [1.807, 2.05) is 0 Å². The summed E-state index contributed by atoms with van der Waals surface area (Å²) < 4.78 is 16.6. The van der Waals surface area contributed by atoms with Crippen LogP contribution in [0.4, 0.5) is 0 Å². The average Bonchev–Trinajstić information content (AvgIpc) is 3.30. The van der Waals surface area contributed by atoms with Crippen molar-refractivity contribution in [1.29, 1.82) is 0 Å². The smallest absolute Gasteiger partial charge is 0.125 e. The first-order valence-electron chi connectivity index (χ1n) is 8.01. The molecule has 23 heavy (non-hydrogen) atoms. The van der Waals surface area contributed by atoms with Crippen LogP contribution >= 0.6 is 0 Å². The third-order valence-corrected chi connectivity index (χ3v) is 4.27. The van der Waals surface area contributed by atoms with E-state index in [4.69, 9.17) is 14.2 Å². The molecule has 1 fully saturated rings. The Morgan fingerprint density at radius 3 is 1.70 bits per heavy atom. The summed E-state index contributed by atoms with van der Waals surface area (Å²) in [7, 11) is 1.72. The van der Waals surface area contributed by atoms with E-state index in [2.05, 4.69) is 52.0 Å². The normalized spacial score (nSPS) is 16.3. The molecule has 1 atom stereocenters. The predicted octanol–water partition coefficient (Wildman–Crippen LogP) is 4.37. The van der Waals surface area contributed by atoms with Gasteiger partial charge in [-0.3, -0.25) is 0 Å². The minimum atomic E-state index is 0.278. The van der Waals surface area contributed by atoms with Gasteiger partial charge in [0, 0.05) is 0 Å². The lowest BCUT2D eigenvalue weighted by Crippen LogP contribution is -2.06. The summed E-state index contributed by atoms with van der Waals surface area (Å²) in [6.45, 7) is 9.83. The molecule has 122 valence electrons. The van der Waals surface area contributed by atoms with Crippen molar-refractivity contribution in [3.05, 3.63) is 46.5 Å². The number of hydrogen-bond donors (Lipinski definition) is 0. The minimum Gasteiger partial charge on any atom is -0.496 e. The summed E-state index contributed by atoms with van der Waals surface area (Å²) in [4.78, 5) is 0. The zero-order valence-electron chi connectivity index (χ0n) is 14.5. The van der Waals surface area contributed by atoms with E-state index in [-0.39, 0.29) is 6.10 Å². The van der Waals surface area contributed by atoms with Gasteiger partial charge in [0.15, 0.2) is 0 Å². The van der Waals surface area contributed by atoms with E-state index in [1.165, 1.54) is 11.1 Å². The fraction of sp³-hybridized carbons (Fsp3) is 0.400. The first kappa shape index (κ1) is 15.9. The van der Waals surface area contributed by atoms with Gasteiger partial charge in [-0.25, -0.2) is 0 Å². The molecule has 0 aliphatic carbocycles. The fourth-order valence-corrected chi connectivity index (χ4v) is 3.12. The molecule has 2 aromatic carbocycles. The Labute approximate surface area is 138 Å². The van der Waals surface area contributed by atoms with Crippen LogP contribution < -0.4 is 9.47 Å². The highest BCUT2D eigenvalue weighted by Crippen LogP contribution is 2.34. The van der Waals surface area contributed by atoms with E-state index >= 15 is 0 Å². The second-order valence-corrected chi connectivity index (χ2v) is 6.35. The van der Waals surface area contributed by atoms with Crippen molar-refractivity contribution in [3.63, 3.8) is 0 Å². The van der Waals surface area contributed by atoms with Crippen molar-refractivity contribution in [3.8, 4) is 22.6 Å². The second kappa shape index (κ2) is 6.25. The lowest BCUT2D eigenvalue weighted by atomic mass is 9.96. The Balaban J connectivity index is 1.94. The Bertz CT molecular complexity index is 684. The summed E-state index contributed by atoms with van der Waals surface area (Å²) in [5, 5.41) is 0. The van der Waals surface area contributed by atoms with Crippen molar-refractivity contribution in [1.82, 2.24) is 0 Å². The number of benzene rings is 2. The van der Waals surface area contributed by atoms with Crippen molar-refractivity contribution in [2.45, 2.75) is 33.8 Å². The molecule has 1 aliphatic heterocycles. The topological polar surface area (TPSA) is 31.0 Å². The Hall–Kier alpha value is -2.00. The van der Waals surface area contributed by atoms with Crippen molar-refractivity contribution in [2.75, 3.05) is 20.3 Å². The number of methoxy groups -OCH3 is 1. The molecule has 0 bridgehead atoms. The van der Waals surface area contributed by atoms with Gasteiger partial charge in [0.2, 0.25) is 0 Å². The number of ether oxygens (including phenoxy) is 3. The molecule has 0 radical (unpaired) electrons. The van der Waals surface area contributed by atoms with E-state index in [0.717, 1.165) is 40.4 Å². The number of epoxide rings is 1.